The fourth-order valence-corrected chi connectivity index (χ4v) is 8.04. The van der Waals surface area contributed by atoms with Crippen LogP contribution in [0.25, 0.3) is 0 Å². The summed E-state index contributed by atoms with van der Waals surface area (Å²) in [4.78, 5) is 0. The summed E-state index contributed by atoms with van der Waals surface area (Å²) in [5.74, 6) is 1.72. The minimum absolute atomic E-state index is 0.202. The summed E-state index contributed by atoms with van der Waals surface area (Å²) in [6, 6.07) is 0. The quantitative estimate of drug-likeness (QED) is 0.706. The molecule has 1 nitrogen and oxygen atoms in total. The van der Waals surface area contributed by atoms with Crippen molar-refractivity contribution >= 4 is 0 Å². The highest BCUT2D eigenvalue weighted by molar-refractivity contribution is 5.14. The van der Waals surface area contributed by atoms with Crippen molar-refractivity contribution in [1.82, 2.24) is 0 Å². The SMILES string of the molecule is C[C@]12CC[C@@H]3[C@](CC[C@@H]4[C@](C)(CO)CCC[C@]43C)(CC1)C2. The van der Waals surface area contributed by atoms with Crippen molar-refractivity contribution in [2.75, 3.05) is 6.61 Å². The molecule has 2 bridgehead atoms. The predicted octanol–water partition coefficient (Wildman–Crippen LogP) is 5.17. The lowest BCUT2D eigenvalue weighted by molar-refractivity contribution is -0.163. The van der Waals surface area contributed by atoms with Crippen molar-refractivity contribution in [2.45, 2.75) is 85.0 Å². The van der Waals surface area contributed by atoms with Gasteiger partial charge in [0.15, 0.2) is 0 Å². The Hall–Kier alpha value is -0.0400. The van der Waals surface area contributed by atoms with Gasteiger partial charge in [0.05, 0.1) is 0 Å². The lowest BCUT2D eigenvalue weighted by Gasteiger charge is -2.64. The predicted molar refractivity (Wildman–Crippen MR) is 87.0 cm³/mol. The molecule has 0 heterocycles. The molecule has 4 aliphatic rings. The van der Waals surface area contributed by atoms with Gasteiger partial charge in [-0.1, -0.05) is 27.2 Å². The Kier molecular flexibility index (Phi) is 2.96. The minimum atomic E-state index is 0.202. The molecule has 0 aromatic rings. The second-order valence-corrected chi connectivity index (χ2v) is 10.2. The summed E-state index contributed by atoms with van der Waals surface area (Å²) in [5.41, 5.74) is 2.08. The van der Waals surface area contributed by atoms with Gasteiger partial charge in [0.25, 0.3) is 0 Å². The van der Waals surface area contributed by atoms with Gasteiger partial charge in [-0.25, -0.2) is 0 Å². The molecule has 4 saturated carbocycles. The molecular weight excluding hydrogens is 256 g/mol. The average Bonchev–Trinajstić information content (AvgIpc) is 2.69. The van der Waals surface area contributed by atoms with Gasteiger partial charge in [0.2, 0.25) is 0 Å². The molecule has 0 amide bonds. The van der Waals surface area contributed by atoms with Crippen molar-refractivity contribution in [3.05, 3.63) is 0 Å². The normalized spacial score (nSPS) is 59.4. The van der Waals surface area contributed by atoms with Gasteiger partial charge in [-0.15, -0.1) is 0 Å². The van der Waals surface area contributed by atoms with Crippen molar-refractivity contribution in [1.29, 1.82) is 0 Å². The third-order valence-electron chi connectivity index (χ3n) is 8.97. The number of aliphatic hydroxyl groups excluding tert-OH is 1. The fourth-order valence-electron chi connectivity index (χ4n) is 8.04. The van der Waals surface area contributed by atoms with Crippen LogP contribution in [-0.2, 0) is 0 Å². The highest BCUT2D eigenvalue weighted by Gasteiger charge is 2.64. The Morgan fingerprint density at radius 1 is 0.857 bits per heavy atom. The van der Waals surface area contributed by atoms with E-state index in [1.807, 2.05) is 0 Å². The van der Waals surface area contributed by atoms with E-state index < -0.39 is 0 Å². The summed E-state index contributed by atoms with van der Waals surface area (Å²) in [6.45, 7) is 7.97. The standard InChI is InChI=1S/C20H34O/c1-17-9-5-16-19(3)8-4-7-18(2,14-21)15(19)6-10-20(16,13-17)12-11-17/h15-16,21H,4-14H2,1-3H3/t15-,16+,17+,18+,19-,20-/m1/s1. The lowest BCUT2D eigenvalue weighted by Crippen LogP contribution is -2.57. The zero-order valence-corrected chi connectivity index (χ0v) is 14.4. The summed E-state index contributed by atoms with van der Waals surface area (Å²) in [7, 11) is 0. The van der Waals surface area contributed by atoms with Crippen molar-refractivity contribution in [2.24, 2.45) is 33.5 Å². The summed E-state index contributed by atoms with van der Waals surface area (Å²) in [5, 5.41) is 10.1. The molecule has 120 valence electrons. The number of hydrogen-bond acceptors (Lipinski definition) is 1. The lowest BCUT2D eigenvalue weighted by atomic mass is 9.40. The minimum Gasteiger partial charge on any atom is -0.396 e. The van der Waals surface area contributed by atoms with Crippen LogP contribution in [0, 0.1) is 33.5 Å². The van der Waals surface area contributed by atoms with Crippen LogP contribution < -0.4 is 0 Å². The maximum Gasteiger partial charge on any atom is 0.0487 e. The molecule has 4 fully saturated rings. The zero-order valence-electron chi connectivity index (χ0n) is 14.4. The number of hydrogen-bond donors (Lipinski definition) is 1. The van der Waals surface area contributed by atoms with Gasteiger partial charge in [-0.2, -0.15) is 0 Å². The molecule has 4 aliphatic carbocycles. The smallest absolute Gasteiger partial charge is 0.0487 e. The molecule has 1 N–H and O–H groups in total. The number of aliphatic hydroxyl groups is 1. The average molecular weight is 290 g/mol. The largest absolute Gasteiger partial charge is 0.396 e. The van der Waals surface area contributed by atoms with E-state index in [1.165, 1.54) is 64.2 Å². The van der Waals surface area contributed by atoms with Crippen LogP contribution in [0.4, 0.5) is 0 Å². The number of fused-ring (bicyclic) bond motifs is 3. The maximum absolute atomic E-state index is 10.1. The number of rotatable bonds is 1. The van der Waals surface area contributed by atoms with E-state index in [0.29, 0.717) is 22.9 Å². The van der Waals surface area contributed by atoms with Crippen molar-refractivity contribution < 1.29 is 5.11 Å². The zero-order chi connectivity index (χ0) is 14.9. The molecule has 0 saturated heterocycles. The van der Waals surface area contributed by atoms with E-state index in [0.717, 1.165) is 11.8 Å². The van der Waals surface area contributed by atoms with Crippen molar-refractivity contribution in [3.63, 3.8) is 0 Å². The molecule has 6 atom stereocenters. The molecular formula is C20H34O. The van der Waals surface area contributed by atoms with Crippen LogP contribution >= 0.6 is 0 Å². The van der Waals surface area contributed by atoms with E-state index in [9.17, 15) is 5.11 Å². The molecule has 0 radical (unpaired) electrons. The molecule has 4 rings (SSSR count). The van der Waals surface area contributed by atoms with Crippen LogP contribution in [0.3, 0.4) is 0 Å². The topological polar surface area (TPSA) is 20.2 Å². The maximum atomic E-state index is 10.1. The summed E-state index contributed by atoms with van der Waals surface area (Å²) < 4.78 is 0. The van der Waals surface area contributed by atoms with E-state index in [-0.39, 0.29) is 5.41 Å². The van der Waals surface area contributed by atoms with Gasteiger partial charge in [0, 0.05) is 6.61 Å². The Morgan fingerprint density at radius 2 is 1.62 bits per heavy atom. The van der Waals surface area contributed by atoms with Gasteiger partial charge in [-0.05, 0) is 91.3 Å². The molecule has 0 unspecified atom stereocenters. The highest BCUT2D eigenvalue weighted by Crippen LogP contribution is 2.73. The van der Waals surface area contributed by atoms with E-state index in [4.69, 9.17) is 0 Å². The first-order valence-electron chi connectivity index (χ1n) is 9.47. The van der Waals surface area contributed by atoms with Crippen LogP contribution in [0.5, 0.6) is 0 Å². The highest BCUT2D eigenvalue weighted by atomic mass is 16.3. The summed E-state index contributed by atoms with van der Waals surface area (Å²) >= 11 is 0. The second-order valence-electron chi connectivity index (χ2n) is 10.2. The molecule has 1 heteroatoms. The monoisotopic (exact) mass is 290 g/mol. The van der Waals surface area contributed by atoms with Crippen LogP contribution in [-0.4, -0.2) is 11.7 Å². The molecule has 0 aromatic heterocycles. The molecule has 1 spiro atoms. The van der Waals surface area contributed by atoms with E-state index in [2.05, 4.69) is 20.8 Å². The van der Waals surface area contributed by atoms with Crippen molar-refractivity contribution in [3.8, 4) is 0 Å². The molecule has 21 heavy (non-hydrogen) atoms. The van der Waals surface area contributed by atoms with Gasteiger partial charge < -0.3 is 5.11 Å². The Balaban J connectivity index is 1.72. The fraction of sp³-hybridized carbons (Fsp3) is 1.00. The van der Waals surface area contributed by atoms with Crippen LogP contribution in [0.2, 0.25) is 0 Å². The van der Waals surface area contributed by atoms with Gasteiger partial charge in [-0.3, -0.25) is 0 Å². The van der Waals surface area contributed by atoms with E-state index >= 15 is 0 Å². The molecule has 0 aromatic carbocycles. The first kappa shape index (κ1) is 14.5. The van der Waals surface area contributed by atoms with Gasteiger partial charge in [0.1, 0.15) is 0 Å². The Morgan fingerprint density at radius 3 is 2.38 bits per heavy atom. The summed E-state index contributed by atoms with van der Waals surface area (Å²) in [6.07, 6.45) is 14.3. The first-order chi connectivity index (χ1) is 9.86. The van der Waals surface area contributed by atoms with Crippen LogP contribution in [0.1, 0.15) is 85.0 Å². The molecule has 0 aliphatic heterocycles. The third kappa shape index (κ3) is 1.79. The third-order valence-corrected chi connectivity index (χ3v) is 8.97. The first-order valence-corrected chi connectivity index (χ1v) is 9.47. The van der Waals surface area contributed by atoms with E-state index in [1.54, 1.807) is 0 Å². The van der Waals surface area contributed by atoms with Gasteiger partial charge >= 0.3 is 0 Å². The second kappa shape index (κ2) is 4.28. The Bertz CT molecular complexity index is 445. The van der Waals surface area contributed by atoms with Crippen LogP contribution in [0.15, 0.2) is 0 Å². The Labute approximate surface area is 130 Å².